The molecule has 2 nitrogen and oxygen atoms in total. The normalized spacial score (nSPS) is 17.5. The standard InChI is InChI=1S/C14H11ClN2S2.BrH/c1-8-13(17-5-4-16-14(17)19-8)11-7-18-12-3-2-9(15)6-10(11)12;/h2-3,6-7H,4-5H2,1H3;1H. The summed E-state index contributed by atoms with van der Waals surface area (Å²) < 4.78 is 1.29. The maximum absolute atomic E-state index is 6.15. The van der Waals surface area contributed by atoms with Crippen LogP contribution in [0.2, 0.25) is 5.02 Å². The predicted molar refractivity (Wildman–Crippen MR) is 96.4 cm³/mol. The molecule has 0 unspecified atom stereocenters. The number of halogens is 2. The Morgan fingerprint density at radius 2 is 2.20 bits per heavy atom. The average molecular weight is 388 g/mol. The molecule has 0 aliphatic carbocycles. The molecule has 6 heteroatoms. The van der Waals surface area contributed by atoms with E-state index >= 15 is 0 Å². The first-order valence-corrected chi connectivity index (χ1v) is 8.19. The molecule has 0 N–H and O–H groups in total. The van der Waals surface area contributed by atoms with Crippen molar-refractivity contribution in [3.05, 3.63) is 39.1 Å². The summed E-state index contributed by atoms with van der Waals surface area (Å²) in [5.41, 5.74) is 2.61. The molecule has 0 saturated carbocycles. The number of benzene rings is 1. The second-order valence-corrected chi connectivity index (χ2v) is 7.14. The van der Waals surface area contributed by atoms with Crippen LogP contribution in [0.1, 0.15) is 12.5 Å². The Bertz CT molecular complexity index is 751. The fraction of sp³-hybridized carbons (Fsp3) is 0.214. The highest BCUT2D eigenvalue weighted by Crippen LogP contribution is 2.44. The van der Waals surface area contributed by atoms with E-state index in [2.05, 4.69) is 34.3 Å². The molecule has 1 aromatic heterocycles. The molecule has 0 radical (unpaired) electrons. The minimum atomic E-state index is 0. The highest BCUT2D eigenvalue weighted by atomic mass is 79.9. The first kappa shape index (κ1) is 14.4. The van der Waals surface area contributed by atoms with E-state index in [0.717, 1.165) is 23.3 Å². The Morgan fingerprint density at radius 3 is 3.05 bits per heavy atom. The summed E-state index contributed by atoms with van der Waals surface area (Å²) in [6.45, 7) is 4.07. The van der Waals surface area contributed by atoms with Gasteiger partial charge in [0.15, 0.2) is 5.17 Å². The summed E-state index contributed by atoms with van der Waals surface area (Å²) in [4.78, 5) is 8.21. The molecule has 4 rings (SSSR count). The highest BCUT2D eigenvalue weighted by Gasteiger charge is 2.32. The van der Waals surface area contributed by atoms with Crippen LogP contribution in [0.3, 0.4) is 0 Å². The molecule has 3 heterocycles. The molecule has 1 aromatic carbocycles. The maximum Gasteiger partial charge on any atom is 0.168 e. The van der Waals surface area contributed by atoms with Crippen LogP contribution >= 0.6 is 51.7 Å². The van der Waals surface area contributed by atoms with Gasteiger partial charge in [-0.05, 0) is 25.1 Å². The molecule has 0 amide bonds. The van der Waals surface area contributed by atoms with Crippen molar-refractivity contribution in [1.29, 1.82) is 0 Å². The van der Waals surface area contributed by atoms with Crippen LogP contribution in [0, 0.1) is 0 Å². The van der Waals surface area contributed by atoms with Gasteiger partial charge in [-0.1, -0.05) is 23.4 Å². The van der Waals surface area contributed by atoms with Crippen molar-refractivity contribution in [3.63, 3.8) is 0 Å². The number of fused-ring (bicyclic) bond motifs is 2. The average Bonchev–Trinajstić information content (AvgIpc) is 3.03. The summed E-state index contributed by atoms with van der Waals surface area (Å²) in [5, 5.41) is 5.43. The number of hydrogen-bond acceptors (Lipinski definition) is 4. The minimum Gasteiger partial charge on any atom is -0.318 e. The first-order chi connectivity index (χ1) is 9.24. The lowest BCUT2D eigenvalue weighted by atomic mass is 10.1. The summed E-state index contributed by atoms with van der Waals surface area (Å²) in [5.74, 6) is 0. The van der Waals surface area contributed by atoms with Gasteiger partial charge in [-0.15, -0.1) is 28.3 Å². The van der Waals surface area contributed by atoms with Gasteiger partial charge in [0.2, 0.25) is 0 Å². The molecule has 0 saturated heterocycles. The lowest BCUT2D eigenvalue weighted by Gasteiger charge is -2.16. The summed E-state index contributed by atoms with van der Waals surface area (Å²) in [6, 6.07) is 6.12. The number of allylic oxidation sites excluding steroid dienone is 1. The number of aliphatic imine (C=N–C) groups is 1. The lowest BCUT2D eigenvalue weighted by molar-refractivity contribution is 0.649. The molecular formula is C14H12BrClN2S2. The number of amidine groups is 1. The number of thioether (sulfide) groups is 1. The van der Waals surface area contributed by atoms with Crippen molar-refractivity contribution >= 4 is 72.6 Å². The quantitative estimate of drug-likeness (QED) is 0.665. The van der Waals surface area contributed by atoms with Crippen LogP contribution in [0.4, 0.5) is 0 Å². The van der Waals surface area contributed by atoms with Crippen LogP contribution in [-0.2, 0) is 0 Å². The Labute approximate surface area is 141 Å². The Hall–Kier alpha value is -0.490. The largest absolute Gasteiger partial charge is 0.318 e. The van der Waals surface area contributed by atoms with Gasteiger partial charge >= 0.3 is 0 Å². The van der Waals surface area contributed by atoms with Crippen molar-refractivity contribution in [3.8, 4) is 0 Å². The Morgan fingerprint density at radius 1 is 1.35 bits per heavy atom. The second kappa shape index (κ2) is 5.37. The van der Waals surface area contributed by atoms with Gasteiger partial charge in [0.25, 0.3) is 0 Å². The van der Waals surface area contributed by atoms with Crippen molar-refractivity contribution in [2.75, 3.05) is 13.1 Å². The van der Waals surface area contributed by atoms with Gasteiger partial charge < -0.3 is 4.90 Å². The van der Waals surface area contributed by atoms with Crippen LogP contribution in [0.15, 0.2) is 33.5 Å². The fourth-order valence-electron chi connectivity index (χ4n) is 2.62. The van der Waals surface area contributed by atoms with Gasteiger partial charge in [0.05, 0.1) is 12.2 Å². The highest BCUT2D eigenvalue weighted by molar-refractivity contribution is 8.93. The van der Waals surface area contributed by atoms with E-state index in [4.69, 9.17) is 11.6 Å². The molecule has 2 aromatic rings. The Balaban J connectivity index is 0.00000121. The van der Waals surface area contributed by atoms with Gasteiger partial charge in [0, 0.05) is 37.5 Å². The third-order valence-electron chi connectivity index (χ3n) is 3.44. The zero-order valence-electron chi connectivity index (χ0n) is 10.7. The zero-order chi connectivity index (χ0) is 13.0. The molecule has 104 valence electrons. The van der Waals surface area contributed by atoms with Crippen LogP contribution in [0.5, 0.6) is 0 Å². The predicted octanol–water partition coefficient (Wildman–Crippen LogP) is 5.24. The monoisotopic (exact) mass is 386 g/mol. The molecule has 0 fully saturated rings. The number of nitrogens with zero attached hydrogens (tertiary/aromatic N) is 2. The van der Waals surface area contributed by atoms with Crippen LogP contribution < -0.4 is 0 Å². The molecule has 0 bridgehead atoms. The van der Waals surface area contributed by atoms with E-state index in [1.54, 1.807) is 23.1 Å². The van der Waals surface area contributed by atoms with Crippen molar-refractivity contribution < 1.29 is 0 Å². The number of rotatable bonds is 1. The van der Waals surface area contributed by atoms with E-state index in [1.807, 2.05) is 6.07 Å². The van der Waals surface area contributed by atoms with Crippen molar-refractivity contribution in [2.45, 2.75) is 6.92 Å². The second-order valence-electron chi connectivity index (χ2n) is 4.61. The third kappa shape index (κ3) is 2.11. The third-order valence-corrected chi connectivity index (χ3v) is 5.67. The van der Waals surface area contributed by atoms with E-state index in [0.29, 0.717) is 0 Å². The Kier molecular flexibility index (Phi) is 3.88. The van der Waals surface area contributed by atoms with Gasteiger partial charge in [-0.25, -0.2) is 0 Å². The summed E-state index contributed by atoms with van der Waals surface area (Å²) in [6.07, 6.45) is 0. The van der Waals surface area contributed by atoms with E-state index in [-0.39, 0.29) is 17.0 Å². The molecule has 0 atom stereocenters. The van der Waals surface area contributed by atoms with E-state index < -0.39 is 0 Å². The lowest BCUT2D eigenvalue weighted by Crippen LogP contribution is -2.19. The van der Waals surface area contributed by atoms with Crippen LogP contribution in [-0.4, -0.2) is 23.2 Å². The van der Waals surface area contributed by atoms with Crippen LogP contribution in [0.25, 0.3) is 15.8 Å². The SMILES string of the molecule is Br.CC1=C(c2csc3ccc(Cl)cc23)N2CCN=C2S1. The fourth-order valence-corrected chi connectivity index (χ4v) is 4.75. The molecule has 2 aliphatic rings. The van der Waals surface area contributed by atoms with Gasteiger partial charge in [-0.3, -0.25) is 4.99 Å². The number of hydrogen-bond donors (Lipinski definition) is 0. The first-order valence-electron chi connectivity index (χ1n) is 6.12. The minimum absolute atomic E-state index is 0. The number of thiophene rings is 1. The smallest absolute Gasteiger partial charge is 0.168 e. The molecule has 2 aliphatic heterocycles. The molecule has 20 heavy (non-hydrogen) atoms. The molecule has 0 spiro atoms. The van der Waals surface area contributed by atoms with E-state index in [9.17, 15) is 0 Å². The summed E-state index contributed by atoms with van der Waals surface area (Å²) >= 11 is 9.71. The summed E-state index contributed by atoms with van der Waals surface area (Å²) in [7, 11) is 0. The van der Waals surface area contributed by atoms with Gasteiger partial charge in [-0.2, -0.15) is 0 Å². The molecular weight excluding hydrogens is 376 g/mol. The van der Waals surface area contributed by atoms with E-state index in [1.165, 1.54) is 26.3 Å². The topological polar surface area (TPSA) is 15.6 Å². The zero-order valence-corrected chi connectivity index (χ0v) is 14.8. The van der Waals surface area contributed by atoms with Crippen molar-refractivity contribution in [2.24, 2.45) is 4.99 Å². The maximum atomic E-state index is 6.15. The van der Waals surface area contributed by atoms with Gasteiger partial charge in [0.1, 0.15) is 0 Å². The van der Waals surface area contributed by atoms with Crippen molar-refractivity contribution in [1.82, 2.24) is 4.90 Å².